The van der Waals surface area contributed by atoms with Gasteiger partial charge in [-0.15, -0.1) is 5.10 Å². The van der Waals surface area contributed by atoms with Gasteiger partial charge in [0, 0.05) is 18.3 Å². The molecule has 0 atom stereocenters. The van der Waals surface area contributed by atoms with E-state index in [1.807, 2.05) is 48.5 Å². The van der Waals surface area contributed by atoms with E-state index in [1.165, 1.54) is 5.56 Å². The first-order chi connectivity index (χ1) is 12.2. The third-order valence-corrected chi connectivity index (χ3v) is 3.70. The number of carbonyl (C=O) groups excluding carboxylic acids is 1. The Hall–Kier alpha value is -3.22. The van der Waals surface area contributed by atoms with Crippen LogP contribution >= 0.6 is 0 Å². The Morgan fingerprint density at radius 3 is 2.80 bits per heavy atom. The fraction of sp³-hybridized carbons (Fsp3) is 0.222. The van der Waals surface area contributed by atoms with Crippen LogP contribution in [0.3, 0.4) is 0 Å². The fourth-order valence-corrected chi connectivity index (χ4v) is 2.41. The molecular formula is C18H19N5O2. The molecule has 1 heterocycles. The van der Waals surface area contributed by atoms with Crippen LogP contribution in [0.15, 0.2) is 48.5 Å². The summed E-state index contributed by atoms with van der Waals surface area (Å²) in [5.41, 5.74) is 2.65. The lowest BCUT2D eigenvalue weighted by Crippen LogP contribution is -2.20. The van der Waals surface area contributed by atoms with Crippen molar-refractivity contribution in [1.82, 2.24) is 20.2 Å². The molecule has 0 aliphatic heterocycles. The van der Waals surface area contributed by atoms with Crippen molar-refractivity contribution in [3.05, 3.63) is 54.1 Å². The van der Waals surface area contributed by atoms with E-state index in [0.29, 0.717) is 17.3 Å². The quantitative estimate of drug-likeness (QED) is 0.747. The molecule has 1 N–H and O–H groups in total. The first-order valence-corrected chi connectivity index (χ1v) is 8.00. The number of hydrogen-bond donors (Lipinski definition) is 1. The molecule has 7 nitrogen and oxygen atoms in total. The molecule has 0 spiro atoms. The van der Waals surface area contributed by atoms with E-state index in [2.05, 4.69) is 27.8 Å². The van der Waals surface area contributed by atoms with Crippen LogP contribution in [0.25, 0.3) is 11.4 Å². The molecule has 7 heteroatoms. The number of aryl methyl sites for hydroxylation is 2. The molecule has 3 aromatic rings. The van der Waals surface area contributed by atoms with Gasteiger partial charge in [0.2, 0.25) is 0 Å². The summed E-state index contributed by atoms with van der Waals surface area (Å²) in [4.78, 5) is 12.1. The molecule has 0 aliphatic rings. The molecule has 25 heavy (non-hydrogen) atoms. The molecule has 0 saturated heterocycles. The highest BCUT2D eigenvalue weighted by molar-refractivity contribution is 5.92. The second-order valence-electron chi connectivity index (χ2n) is 5.54. The number of ether oxygens (including phenoxy) is 1. The number of nitrogens with zero attached hydrogens (tertiary/aromatic N) is 4. The summed E-state index contributed by atoms with van der Waals surface area (Å²) < 4.78 is 7.13. The third-order valence-electron chi connectivity index (χ3n) is 3.70. The highest BCUT2D eigenvalue weighted by Gasteiger charge is 2.08. The zero-order chi connectivity index (χ0) is 17.6. The summed E-state index contributed by atoms with van der Waals surface area (Å²) in [6, 6.07) is 15.1. The minimum Gasteiger partial charge on any atom is -0.484 e. The molecule has 0 unspecified atom stereocenters. The number of hydrogen-bond acceptors (Lipinski definition) is 5. The maximum Gasteiger partial charge on any atom is 0.262 e. The Morgan fingerprint density at radius 2 is 2.04 bits per heavy atom. The average Bonchev–Trinajstić information content (AvgIpc) is 3.06. The van der Waals surface area contributed by atoms with Gasteiger partial charge < -0.3 is 10.1 Å². The van der Waals surface area contributed by atoms with Crippen LogP contribution < -0.4 is 10.1 Å². The van der Waals surface area contributed by atoms with E-state index in [0.717, 1.165) is 12.0 Å². The van der Waals surface area contributed by atoms with E-state index >= 15 is 0 Å². The molecule has 1 amide bonds. The Balaban J connectivity index is 1.62. The number of amides is 1. The molecule has 2 aromatic carbocycles. The van der Waals surface area contributed by atoms with Crippen LogP contribution in [0.2, 0.25) is 0 Å². The molecule has 0 aliphatic carbocycles. The van der Waals surface area contributed by atoms with Gasteiger partial charge in [-0.3, -0.25) is 4.79 Å². The van der Waals surface area contributed by atoms with Gasteiger partial charge in [-0.1, -0.05) is 31.2 Å². The highest BCUT2D eigenvalue weighted by atomic mass is 16.5. The lowest BCUT2D eigenvalue weighted by Gasteiger charge is -2.09. The second-order valence-corrected chi connectivity index (χ2v) is 5.54. The Kier molecular flexibility index (Phi) is 5.03. The van der Waals surface area contributed by atoms with Crippen LogP contribution in [0.1, 0.15) is 12.5 Å². The van der Waals surface area contributed by atoms with Crippen molar-refractivity contribution in [3.8, 4) is 17.1 Å². The van der Waals surface area contributed by atoms with Crippen molar-refractivity contribution in [2.45, 2.75) is 13.3 Å². The monoisotopic (exact) mass is 337 g/mol. The van der Waals surface area contributed by atoms with Gasteiger partial charge in [-0.2, -0.15) is 0 Å². The number of rotatable bonds is 6. The molecule has 0 saturated carbocycles. The topological polar surface area (TPSA) is 81.9 Å². The predicted octanol–water partition coefficient (Wildman–Crippen LogP) is 2.46. The van der Waals surface area contributed by atoms with Crippen molar-refractivity contribution in [2.24, 2.45) is 7.05 Å². The number of anilines is 1. The normalized spacial score (nSPS) is 10.5. The number of aromatic nitrogens is 4. The zero-order valence-electron chi connectivity index (χ0n) is 14.1. The molecule has 3 rings (SSSR count). The Bertz CT molecular complexity index is 875. The maximum atomic E-state index is 12.1. The van der Waals surface area contributed by atoms with Crippen molar-refractivity contribution in [3.63, 3.8) is 0 Å². The lowest BCUT2D eigenvalue weighted by molar-refractivity contribution is -0.118. The standard InChI is InChI=1S/C18H19N5O2/c1-3-13-6-4-9-16(10-13)25-12-17(24)19-15-8-5-7-14(11-15)18-20-21-22-23(18)2/h4-11H,3,12H2,1-2H3,(H,19,24). The van der Waals surface area contributed by atoms with E-state index in [4.69, 9.17) is 4.74 Å². The Morgan fingerprint density at radius 1 is 1.20 bits per heavy atom. The smallest absolute Gasteiger partial charge is 0.262 e. The molecular weight excluding hydrogens is 318 g/mol. The average molecular weight is 337 g/mol. The summed E-state index contributed by atoms with van der Waals surface area (Å²) in [6.45, 7) is 2.02. The van der Waals surface area contributed by atoms with Crippen LogP contribution in [0, 0.1) is 0 Å². The highest BCUT2D eigenvalue weighted by Crippen LogP contribution is 2.19. The zero-order valence-corrected chi connectivity index (χ0v) is 14.1. The van der Waals surface area contributed by atoms with Gasteiger partial charge in [0.1, 0.15) is 5.75 Å². The fourth-order valence-electron chi connectivity index (χ4n) is 2.41. The third kappa shape index (κ3) is 4.20. The van der Waals surface area contributed by atoms with E-state index in [-0.39, 0.29) is 12.5 Å². The number of benzene rings is 2. The van der Waals surface area contributed by atoms with Crippen molar-refractivity contribution in [2.75, 3.05) is 11.9 Å². The minimum absolute atomic E-state index is 0.0527. The molecule has 1 aromatic heterocycles. The summed E-state index contributed by atoms with van der Waals surface area (Å²) >= 11 is 0. The lowest BCUT2D eigenvalue weighted by atomic mass is 10.2. The summed E-state index contributed by atoms with van der Waals surface area (Å²) in [6.07, 6.45) is 0.924. The van der Waals surface area contributed by atoms with Crippen LogP contribution in [0.5, 0.6) is 5.75 Å². The molecule has 128 valence electrons. The van der Waals surface area contributed by atoms with Crippen molar-refractivity contribution >= 4 is 11.6 Å². The van der Waals surface area contributed by atoms with Gasteiger partial charge in [0.25, 0.3) is 5.91 Å². The summed E-state index contributed by atoms with van der Waals surface area (Å²) in [5, 5.41) is 14.2. The van der Waals surface area contributed by atoms with Gasteiger partial charge in [0.05, 0.1) is 0 Å². The van der Waals surface area contributed by atoms with E-state index < -0.39 is 0 Å². The van der Waals surface area contributed by atoms with Crippen LogP contribution in [0.4, 0.5) is 5.69 Å². The maximum absolute atomic E-state index is 12.1. The van der Waals surface area contributed by atoms with Crippen LogP contribution in [-0.2, 0) is 18.3 Å². The molecule has 0 bridgehead atoms. The van der Waals surface area contributed by atoms with Gasteiger partial charge in [-0.05, 0) is 46.7 Å². The van der Waals surface area contributed by atoms with Gasteiger partial charge >= 0.3 is 0 Å². The van der Waals surface area contributed by atoms with Gasteiger partial charge in [0.15, 0.2) is 12.4 Å². The predicted molar refractivity (Wildman–Crippen MR) is 94.2 cm³/mol. The number of carbonyl (C=O) groups is 1. The number of tetrazole rings is 1. The molecule has 0 radical (unpaired) electrons. The summed E-state index contributed by atoms with van der Waals surface area (Å²) in [5.74, 6) is 1.09. The minimum atomic E-state index is -0.227. The SMILES string of the molecule is CCc1cccc(OCC(=O)Nc2cccc(-c3nnnn3C)c2)c1. The molecule has 0 fully saturated rings. The van der Waals surface area contributed by atoms with E-state index in [9.17, 15) is 4.79 Å². The second kappa shape index (κ2) is 7.57. The van der Waals surface area contributed by atoms with Crippen molar-refractivity contribution < 1.29 is 9.53 Å². The van der Waals surface area contributed by atoms with Crippen LogP contribution in [-0.4, -0.2) is 32.7 Å². The van der Waals surface area contributed by atoms with Crippen molar-refractivity contribution in [1.29, 1.82) is 0 Å². The largest absolute Gasteiger partial charge is 0.484 e. The van der Waals surface area contributed by atoms with Gasteiger partial charge in [-0.25, -0.2) is 4.68 Å². The first-order valence-electron chi connectivity index (χ1n) is 8.00. The van der Waals surface area contributed by atoms with E-state index in [1.54, 1.807) is 11.7 Å². The first kappa shape index (κ1) is 16.6. The number of nitrogens with one attached hydrogen (secondary N) is 1. The summed E-state index contributed by atoms with van der Waals surface area (Å²) in [7, 11) is 1.76. The Labute approximate surface area is 145 Å².